The lowest BCUT2D eigenvalue weighted by Gasteiger charge is -2.19. The number of rotatable bonds is 7. The highest BCUT2D eigenvalue weighted by molar-refractivity contribution is 7.88. The average molecular weight is 394 g/mol. The van der Waals surface area contributed by atoms with Gasteiger partial charge in [0.05, 0.1) is 17.5 Å². The molecule has 5 nitrogen and oxygen atoms in total. The number of thiophene rings is 1. The Morgan fingerprint density at radius 3 is 2.62 bits per heavy atom. The number of nitrogens with zero attached hydrogens (tertiary/aromatic N) is 2. The van der Waals surface area contributed by atoms with Gasteiger partial charge in [0.2, 0.25) is 10.0 Å². The molecule has 0 bridgehead atoms. The first-order valence-electron chi connectivity index (χ1n) is 8.12. The Balaban J connectivity index is 1.80. The van der Waals surface area contributed by atoms with Gasteiger partial charge in [-0.15, -0.1) is 11.3 Å². The van der Waals surface area contributed by atoms with E-state index in [1.165, 1.54) is 18.2 Å². The Hall–Kier alpha value is -2.03. The van der Waals surface area contributed by atoms with Crippen LogP contribution in [0.1, 0.15) is 27.9 Å². The van der Waals surface area contributed by atoms with Crippen molar-refractivity contribution in [3.05, 3.63) is 75.5 Å². The summed E-state index contributed by atoms with van der Waals surface area (Å²) in [5.74, 6) is -0.917. The molecule has 1 atom stereocenters. The zero-order valence-corrected chi connectivity index (χ0v) is 16.1. The number of nitrogens with one attached hydrogen (secondary N) is 1. The molecule has 1 unspecified atom stereocenters. The number of aryl methyl sites for hydroxylation is 2. The molecule has 8 heteroatoms. The second-order valence-electron chi connectivity index (χ2n) is 6.10. The van der Waals surface area contributed by atoms with Crippen LogP contribution in [0.15, 0.2) is 47.8 Å². The first-order chi connectivity index (χ1) is 12.4. The van der Waals surface area contributed by atoms with Crippen molar-refractivity contribution >= 4 is 21.4 Å². The number of sulfonamides is 1. The van der Waals surface area contributed by atoms with Gasteiger partial charge < -0.3 is 0 Å². The van der Waals surface area contributed by atoms with Crippen LogP contribution in [0, 0.1) is 19.7 Å². The van der Waals surface area contributed by atoms with Gasteiger partial charge >= 0.3 is 0 Å². The largest absolute Gasteiger partial charge is 0.260 e. The van der Waals surface area contributed by atoms with Gasteiger partial charge in [-0.1, -0.05) is 24.3 Å². The summed E-state index contributed by atoms with van der Waals surface area (Å²) in [6, 6.07) is 11.5. The van der Waals surface area contributed by atoms with Crippen LogP contribution in [0.3, 0.4) is 0 Å². The molecular weight excluding hydrogens is 373 g/mol. The van der Waals surface area contributed by atoms with Gasteiger partial charge in [-0.05, 0) is 37.4 Å². The molecule has 0 spiro atoms. The predicted octanol–water partition coefficient (Wildman–Crippen LogP) is 3.41. The van der Waals surface area contributed by atoms with Crippen LogP contribution in [0.2, 0.25) is 0 Å². The molecule has 0 aliphatic heterocycles. The van der Waals surface area contributed by atoms with Crippen molar-refractivity contribution in [2.45, 2.75) is 25.6 Å². The molecule has 2 aromatic heterocycles. The monoisotopic (exact) mass is 393 g/mol. The number of aromatic nitrogens is 2. The third kappa shape index (κ3) is 4.38. The number of halogens is 1. The quantitative estimate of drug-likeness (QED) is 0.669. The minimum atomic E-state index is -3.68. The van der Waals surface area contributed by atoms with Crippen molar-refractivity contribution in [2.75, 3.05) is 6.54 Å². The van der Waals surface area contributed by atoms with Crippen LogP contribution in [0.4, 0.5) is 4.39 Å². The third-order valence-electron chi connectivity index (χ3n) is 4.01. The van der Waals surface area contributed by atoms with E-state index in [2.05, 4.69) is 9.82 Å². The van der Waals surface area contributed by atoms with E-state index in [1.54, 1.807) is 17.4 Å². The van der Waals surface area contributed by atoms with Crippen molar-refractivity contribution in [2.24, 2.45) is 0 Å². The maximum Gasteiger partial charge on any atom is 0.215 e. The molecule has 0 fully saturated rings. The van der Waals surface area contributed by atoms with Gasteiger partial charge in [-0.25, -0.2) is 17.5 Å². The second-order valence-corrected chi connectivity index (χ2v) is 8.89. The first kappa shape index (κ1) is 18.8. The molecule has 138 valence electrons. The van der Waals surface area contributed by atoms with Gasteiger partial charge in [0.15, 0.2) is 0 Å². The fourth-order valence-electron chi connectivity index (χ4n) is 2.83. The van der Waals surface area contributed by atoms with E-state index in [1.807, 2.05) is 42.1 Å². The molecule has 2 heterocycles. The maximum atomic E-state index is 13.8. The molecule has 0 radical (unpaired) electrons. The molecule has 26 heavy (non-hydrogen) atoms. The van der Waals surface area contributed by atoms with E-state index in [0.717, 1.165) is 16.3 Å². The average Bonchev–Trinajstić information content (AvgIpc) is 3.20. The van der Waals surface area contributed by atoms with Gasteiger partial charge in [0.1, 0.15) is 5.82 Å². The molecule has 3 aromatic rings. The summed E-state index contributed by atoms with van der Waals surface area (Å²) < 4.78 is 43.1. The molecule has 0 saturated carbocycles. The molecule has 1 aromatic carbocycles. The van der Waals surface area contributed by atoms with Gasteiger partial charge in [-0.2, -0.15) is 5.10 Å². The smallest absolute Gasteiger partial charge is 0.215 e. The van der Waals surface area contributed by atoms with Crippen molar-refractivity contribution in [3.8, 4) is 0 Å². The van der Waals surface area contributed by atoms with E-state index < -0.39 is 21.6 Å². The zero-order chi connectivity index (χ0) is 18.7. The Morgan fingerprint density at radius 1 is 1.23 bits per heavy atom. The molecular formula is C18H20FN3O2S2. The van der Waals surface area contributed by atoms with Crippen LogP contribution >= 0.6 is 11.3 Å². The Morgan fingerprint density at radius 2 is 2.00 bits per heavy atom. The van der Waals surface area contributed by atoms with E-state index in [-0.39, 0.29) is 18.2 Å². The minimum Gasteiger partial charge on any atom is -0.260 e. The van der Waals surface area contributed by atoms with Gasteiger partial charge in [-0.3, -0.25) is 4.68 Å². The van der Waals surface area contributed by atoms with Crippen LogP contribution in [-0.2, 0) is 15.8 Å². The molecule has 1 N–H and O–H groups in total. The Bertz CT molecular complexity index is 982. The van der Waals surface area contributed by atoms with Gasteiger partial charge in [0.25, 0.3) is 0 Å². The van der Waals surface area contributed by atoms with Crippen molar-refractivity contribution in [3.63, 3.8) is 0 Å². The lowest BCUT2D eigenvalue weighted by Crippen LogP contribution is -2.32. The Kier molecular flexibility index (Phi) is 5.55. The second kappa shape index (κ2) is 7.69. The SMILES string of the molecule is Cc1cc(C)n(C(CNS(=O)(=O)Cc2ccccc2F)c2cccs2)n1. The Labute approximate surface area is 156 Å². The van der Waals surface area contributed by atoms with E-state index in [0.29, 0.717) is 0 Å². The normalized spacial score (nSPS) is 13.0. The summed E-state index contributed by atoms with van der Waals surface area (Å²) in [5.41, 5.74) is 1.98. The van der Waals surface area contributed by atoms with Crippen LogP contribution < -0.4 is 4.72 Å². The third-order valence-corrected chi connectivity index (χ3v) is 6.28. The topological polar surface area (TPSA) is 64.0 Å². The van der Waals surface area contributed by atoms with Crippen molar-refractivity contribution in [1.29, 1.82) is 0 Å². The molecule has 0 amide bonds. The molecule has 0 aliphatic rings. The molecule has 0 aliphatic carbocycles. The van der Waals surface area contributed by atoms with Crippen molar-refractivity contribution < 1.29 is 12.8 Å². The highest BCUT2D eigenvalue weighted by Crippen LogP contribution is 2.24. The first-order valence-corrected chi connectivity index (χ1v) is 10.7. The van der Waals surface area contributed by atoms with E-state index in [4.69, 9.17) is 0 Å². The van der Waals surface area contributed by atoms with Gasteiger partial charge in [0, 0.05) is 22.7 Å². The fraction of sp³-hybridized carbons (Fsp3) is 0.278. The van der Waals surface area contributed by atoms with Crippen LogP contribution in [0.5, 0.6) is 0 Å². The highest BCUT2D eigenvalue weighted by Gasteiger charge is 2.22. The van der Waals surface area contributed by atoms with Crippen LogP contribution in [-0.4, -0.2) is 24.7 Å². The molecule has 3 rings (SSSR count). The standard InChI is InChI=1S/C18H20FN3O2S2/c1-13-10-14(2)22(21-13)17(18-8-5-9-25-18)11-20-26(23,24)12-15-6-3-4-7-16(15)19/h3-10,17,20H,11-12H2,1-2H3. The maximum absolute atomic E-state index is 13.8. The summed E-state index contributed by atoms with van der Waals surface area (Å²) in [4.78, 5) is 1.00. The van der Waals surface area contributed by atoms with E-state index >= 15 is 0 Å². The highest BCUT2D eigenvalue weighted by atomic mass is 32.2. The lowest BCUT2D eigenvalue weighted by molar-refractivity contribution is 0.499. The summed E-state index contributed by atoms with van der Waals surface area (Å²) in [6.45, 7) is 3.99. The fourth-order valence-corrected chi connectivity index (χ4v) is 4.80. The van der Waals surface area contributed by atoms with Crippen molar-refractivity contribution in [1.82, 2.24) is 14.5 Å². The number of hydrogen-bond donors (Lipinski definition) is 1. The summed E-state index contributed by atoms with van der Waals surface area (Å²) in [6.07, 6.45) is 0. The number of benzene rings is 1. The van der Waals surface area contributed by atoms with E-state index in [9.17, 15) is 12.8 Å². The lowest BCUT2D eigenvalue weighted by atomic mass is 10.2. The summed E-state index contributed by atoms with van der Waals surface area (Å²) >= 11 is 1.55. The zero-order valence-electron chi connectivity index (χ0n) is 14.5. The van der Waals surface area contributed by atoms with Crippen LogP contribution in [0.25, 0.3) is 0 Å². The summed E-state index contributed by atoms with van der Waals surface area (Å²) in [5, 5.41) is 6.44. The summed E-state index contributed by atoms with van der Waals surface area (Å²) in [7, 11) is -3.68. The number of hydrogen-bond acceptors (Lipinski definition) is 4. The molecule has 0 saturated heterocycles. The predicted molar refractivity (Wildman–Crippen MR) is 101 cm³/mol. The minimum absolute atomic E-state index is 0.152.